The van der Waals surface area contributed by atoms with Crippen molar-refractivity contribution >= 4 is 0 Å². The van der Waals surface area contributed by atoms with Crippen LogP contribution in [-0.2, 0) is 12.8 Å². The molecule has 2 aromatic rings. The normalized spacial score (nSPS) is 11.6. The Kier molecular flexibility index (Phi) is 57.4. The number of pyridine rings is 2. The van der Waals surface area contributed by atoms with Gasteiger partial charge in [-0.1, -0.05) is 132 Å². The predicted molar refractivity (Wildman–Crippen MR) is 229 cm³/mol. The molecule has 0 aliphatic carbocycles. The summed E-state index contributed by atoms with van der Waals surface area (Å²) in [6, 6.07) is 10.1. The van der Waals surface area contributed by atoms with Crippen LogP contribution >= 0.6 is 0 Å². The average Bonchev–Trinajstić information content (AvgIpc) is 3.18. The van der Waals surface area contributed by atoms with Crippen LogP contribution in [0.2, 0.25) is 0 Å². The summed E-state index contributed by atoms with van der Waals surface area (Å²) in [6.45, 7) is 23.8. The molecule has 0 saturated carbocycles. The molecular weight excluding hydrogens is 629 g/mol. The monoisotopic (exact) mass is 719 g/mol. The van der Waals surface area contributed by atoms with Crippen LogP contribution in [0.4, 0.5) is 0 Å². The highest BCUT2D eigenvalue weighted by Crippen LogP contribution is 2.08. The van der Waals surface area contributed by atoms with Crippen molar-refractivity contribution in [3.05, 3.63) is 60.2 Å². The molecule has 0 amide bonds. The maximum absolute atomic E-state index is 7.88. The molecule has 7 N–H and O–H groups in total. The Balaban J connectivity index is -0.000000263. The molecule has 7 heteroatoms. The summed E-state index contributed by atoms with van der Waals surface area (Å²) < 4.78 is 0. The molecule has 0 radical (unpaired) electrons. The molecule has 51 heavy (non-hydrogen) atoms. The lowest BCUT2D eigenvalue weighted by molar-refractivity contribution is 0.235. The lowest BCUT2D eigenvalue weighted by atomic mass is 10.1. The fourth-order valence-corrected chi connectivity index (χ4v) is 4.46. The standard InChI is InChI=1S/C12H19N.C7H16N2.C7H9N.C7H16.C5H13N.C3H9N.C3H8O/c1-2-3-4-5-6-8-12-9-7-10-13-11-12;8-4-7-9-5-2-1-3-6-9;1-2-7-5-3-4-6-8-7;1-4-5-6-7(2)3;1-2-3-4-5-6;2*1-2-3-4/h7,9-11H,2-6,8H2,1H3;1-8H2;3-6H,2H2,1H3;7H,4-6H2,1-3H3;2-6H2,1H3;2-4H2,1H3;4H,2-3H2,1H3. The molecule has 1 fully saturated rings. The van der Waals surface area contributed by atoms with Crippen LogP contribution < -0.4 is 17.2 Å². The number of rotatable bonds is 17. The number of likely N-dealkylation sites (tertiary alicyclic amines) is 1. The summed E-state index contributed by atoms with van der Waals surface area (Å²) in [5.74, 6) is 0.903. The van der Waals surface area contributed by atoms with Crippen LogP contribution in [0.5, 0.6) is 0 Å². The van der Waals surface area contributed by atoms with Crippen LogP contribution in [0, 0.1) is 5.92 Å². The van der Waals surface area contributed by atoms with Crippen molar-refractivity contribution < 1.29 is 5.11 Å². The van der Waals surface area contributed by atoms with E-state index in [2.05, 4.69) is 69.4 Å². The number of piperidine rings is 1. The second-order valence-electron chi connectivity index (χ2n) is 13.4. The molecule has 2 aromatic heterocycles. The Morgan fingerprint density at radius 3 is 1.65 bits per heavy atom. The van der Waals surface area contributed by atoms with Crippen LogP contribution in [0.15, 0.2) is 48.9 Å². The Bertz CT molecular complexity index is 789. The van der Waals surface area contributed by atoms with E-state index in [1.54, 1.807) is 0 Å². The Hall–Kier alpha value is -1.90. The van der Waals surface area contributed by atoms with Crippen molar-refractivity contribution in [2.24, 2.45) is 23.1 Å². The maximum atomic E-state index is 7.88. The number of aryl methyl sites for hydroxylation is 2. The van der Waals surface area contributed by atoms with E-state index in [-0.39, 0.29) is 0 Å². The second kappa shape index (κ2) is 52.5. The molecule has 302 valence electrons. The molecule has 0 bridgehead atoms. The average molecular weight is 719 g/mol. The number of hydrogen-bond donors (Lipinski definition) is 4. The first-order chi connectivity index (χ1) is 24.8. The molecule has 7 nitrogen and oxygen atoms in total. The lowest BCUT2D eigenvalue weighted by Crippen LogP contribution is -2.33. The van der Waals surface area contributed by atoms with Gasteiger partial charge in [-0.05, 0) is 107 Å². The third kappa shape index (κ3) is 55.0. The number of nitrogens with two attached hydrogens (primary N) is 3. The summed E-state index contributed by atoms with van der Waals surface area (Å²) >= 11 is 0. The minimum atomic E-state index is 0.319. The van der Waals surface area contributed by atoms with E-state index < -0.39 is 0 Å². The summed E-state index contributed by atoms with van der Waals surface area (Å²) in [7, 11) is 0. The molecule has 0 unspecified atom stereocenters. The van der Waals surface area contributed by atoms with E-state index >= 15 is 0 Å². The van der Waals surface area contributed by atoms with Gasteiger partial charge in [0.25, 0.3) is 0 Å². The van der Waals surface area contributed by atoms with Crippen molar-refractivity contribution in [2.75, 3.05) is 45.9 Å². The SMILES string of the molecule is CCCCC(C)C.CCCCCCCc1cccnc1.CCCCCN.CCCN.CCCO.CCc1ccccn1.NCCN1CCCCC1. The van der Waals surface area contributed by atoms with E-state index in [9.17, 15) is 0 Å². The van der Waals surface area contributed by atoms with Gasteiger partial charge in [-0.15, -0.1) is 0 Å². The zero-order chi connectivity index (χ0) is 39.1. The fourth-order valence-electron chi connectivity index (χ4n) is 4.46. The van der Waals surface area contributed by atoms with Crippen LogP contribution in [0.3, 0.4) is 0 Å². The number of hydrogen-bond acceptors (Lipinski definition) is 7. The maximum Gasteiger partial charge on any atom is 0.0428 e. The molecular formula is C44H90N6O. The van der Waals surface area contributed by atoms with Gasteiger partial charge in [0, 0.05) is 44.0 Å². The van der Waals surface area contributed by atoms with E-state index in [0.717, 1.165) is 57.1 Å². The summed E-state index contributed by atoms with van der Waals surface area (Å²) in [6.07, 6.45) is 28.7. The van der Waals surface area contributed by atoms with Crippen LogP contribution in [0.1, 0.15) is 169 Å². The third-order valence-electron chi connectivity index (χ3n) is 7.73. The van der Waals surface area contributed by atoms with Gasteiger partial charge in [0.1, 0.15) is 0 Å². The van der Waals surface area contributed by atoms with Crippen molar-refractivity contribution in [3.63, 3.8) is 0 Å². The Morgan fingerprint density at radius 2 is 1.27 bits per heavy atom. The molecule has 0 atom stereocenters. The van der Waals surface area contributed by atoms with Gasteiger partial charge in [-0.3, -0.25) is 9.97 Å². The highest BCUT2D eigenvalue weighted by Gasteiger charge is 2.07. The molecule has 1 saturated heterocycles. The van der Waals surface area contributed by atoms with Gasteiger partial charge < -0.3 is 27.2 Å². The van der Waals surface area contributed by atoms with Gasteiger partial charge in [0.05, 0.1) is 0 Å². The van der Waals surface area contributed by atoms with Crippen LogP contribution in [-0.4, -0.2) is 65.8 Å². The summed E-state index contributed by atoms with van der Waals surface area (Å²) in [5, 5.41) is 7.88. The van der Waals surface area contributed by atoms with E-state index in [0.29, 0.717) is 6.61 Å². The molecule has 0 spiro atoms. The predicted octanol–water partition coefficient (Wildman–Crippen LogP) is 10.4. The lowest BCUT2D eigenvalue weighted by Gasteiger charge is -2.25. The smallest absolute Gasteiger partial charge is 0.0428 e. The first kappa shape index (κ1) is 55.8. The van der Waals surface area contributed by atoms with Crippen LogP contribution in [0.25, 0.3) is 0 Å². The quantitative estimate of drug-likeness (QED) is 0.120. The topological polar surface area (TPSA) is 127 Å². The highest BCUT2D eigenvalue weighted by molar-refractivity contribution is 5.08. The number of aliphatic hydroxyl groups is 1. The zero-order valence-electron chi connectivity index (χ0n) is 35.4. The van der Waals surface area contributed by atoms with E-state index in [4.69, 9.17) is 22.3 Å². The summed E-state index contributed by atoms with van der Waals surface area (Å²) in [4.78, 5) is 10.6. The van der Waals surface area contributed by atoms with Crippen molar-refractivity contribution in [1.29, 1.82) is 0 Å². The van der Waals surface area contributed by atoms with Gasteiger partial charge in [-0.2, -0.15) is 0 Å². The molecule has 3 heterocycles. The largest absolute Gasteiger partial charge is 0.396 e. The highest BCUT2D eigenvalue weighted by atomic mass is 16.2. The Labute approximate surface area is 319 Å². The van der Waals surface area contributed by atoms with Gasteiger partial charge >= 0.3 is 0 Å². The van der Waals surface area contributed by atoms with Gasteiger partial charge in [-0.25, -0.2) is 0 Å². The van der Waals surface area contributed by atoms with E-state index in [1.807, 2.05) is 49.8 Å². The van der Waals surface area contributed by atoms with E-state index in [1.165, 1.54) is 115 Å². The zero-order valence-corrected chi connectivity index (χ0v) is 35.4. The van der Waals surface area contributed by atoms with Gasteiger partial charge in [0.2, 0.25) is 0 Å². The minimum Gasteiger partial charge on any atom is -0.396 e. The fraction of sp³-hybridized carbons (Fsp3) is 0.773. The second-order valence-corrected chi connectivity index (χ2v) is 13.4. The van der Waals surface area contributed by atoms with Crippen molar-refractivity contribution in [1.82, 2.24) is 14.9 Å². The Morgan fingerprint density at radius 1 is 0.667 bits per heavy atom. The third-order valence-corrected chi connectivity index (χ3v) is 7.73. The minimum absolute atomic E-state index is 0.319. The number of aromatic nitrogens is 2. The molecule has 1 aliphatic rings. The van der Waals surface area contributed by atoms with Crippen molar-refractivity contribution in [3.8, 4) is 0 Å². The molecule has 3 rings (SSSR count). The number of unbranched alkanes of at least 4 members (excludes halogenated alkanes) is 7. The first-order valence-corrected chi connectivity index (χ1v) is 21.0. The molecule has 1 aliphatic heterocycles. The van der Waals surface area contributed by atoms with Crippen molar-refractivity contribution in [2.45, 2.75) is 171 Å². The first-order valence-electron chi connectivity index (χ1n) is 21.0. The summed E-state index contributed by atoms with van der Waals surface area (Å²) in [5.41, 5.74) is 18.2. The number of nitrogens with zero attached hydrogens (tertiary/aromatic N) is 3. The van der Waals surface area contributed by atoms with Gasteiger partial charge in [0.15, 0.2) is 0 Å². The molecule has 0 aromatic carbocycles. The number of aliphatic hydroxyl groups excluding tert-OH is 1.